The molecule has 1 aromatic rings. The van der Waals surface area contributed by atoms with E-state index in [2.05, 4.69) is 10.5 Å². The monoisotopic (exact) mass is 235 g/mol. The zero-order chi connectivity index (χ0) is 12.8. The number of rotatable bonds is 3. The van der Waals surface area contributed by atoms with Crippen molar-refractivity contribution >= 4 is 17.5 Å². The lowest BCUT2D eigenvalue weighted by Gasteiger charge is -2.03. The molecule has 2 amide bonds. The third-order valence-electron chi connectivity index (χ3n) is 2.06. The van der Waals surface area contributed by atoms with Crippen LogP contribution in [0.25, 0.3) is 0 Å². The molecule has 3 N–H and O–H groups in total. The van der Waals surface area contributed by atoms with Gasteiger partial charge >= 0.3 is 11.8 Å². The van der Waals surface area contributed by atoms with E-state index in [1.807, 2.05) is 0 Å². The Morgan fingerprint density at radius 1 is 1.29 bits per heavy atom. The summed E-state index contributed by atoms with van der Waals surface area (Å²) in [7, 11) is 1.57. The van der Waals surface area contributed by atoms with E-state index in [4.69, 9.17) is 10.5 Å². The van der Waals surface area contributed by atoms with E-state index in [1.54, 1.807) is 38.3 Å². The Morgan fingerprint density at radius 2 is 1.88 bits per heavy atom. The van der Waals surface area contributed by atoms with Gasteiger partial charge in [-0.3, -0.25) is 9.59 Å². The molecule has 0 heterocycles. The number of hydrogen-bond donors (Lipinski definition) is 2. The fourth-order valence-corrected chi connectivity index (χ4v) is 1.09. The van der Waals surface area contributed by atoms with Gasteiger partial charge in [-0.2, -0.15) is 5.10 Å². The van der Waals surface area contributed by atoms with Crippen LogP contribution in [0.2, 0.25) is 0 Å². The highest BCUT2D eigenvalue weighted by atomic mass is 16.5. The van der Waals surface area contributed by atoms with Crippen molar-refractivity contribution in [3.63, 3.8) is 0 Å². The van der Waals surface area contributed by atoms with Crippen molar-refractivity contribution in [3.05, 3.63) is 29.8 Å². The minimum Gasteiger partial charge on any atom is -0.497 e. The summed E-state index contributed by atoms with van der Waals surface area (Å²) in [6.07, 6.45) is 0. The minimum absolute atomic E-state index is 0.558. The number of amides is 2. The SMILES string of the molecule is COc1ccc(/C(C)=N\NC(=O)C(N)=O)cc1. The predicted octanol–water partition coefficient (Wildman–Crippen LogP) is 0.0207. The van der Waals surface area contributed by atoms with Gasteiger partial charge in [-0.05, 0) is 36.8 Å². The second kappa shape index (κ2) is 5.64. The largest absolute Gasteiger partial charge is 0.497 e. The maximum atomic E-state index is 10.9. The van der Waals surface area contributed by atoms with E-state index in [0.29, 0.717) is 5.71 Å². The molecule has 6 nitrogen and oxygen atoms in total. The number of ether oxygens (including phenoxy) is 1. The molecule has 6 heteroatoms. The van der Waals surface area contributed by atoms with Gasteiger partial charge in [-0.25, -0.2) is 5.43 Å². The number of carbonyl (C=O) groups excluding carboxylic acids is 2. The van der Waals surface area contributed by atoms with Crippen LogP contribution in [0.1, 0.15) is 12.5 Å². The van der Waals surface area contributed by atoms with Gasteiger partial charge in [0.25, 0.3) is 0 Å². The first-order chi connectivity index (χ1) is 8.04. The smallest absolute Gasteiger partial charge is 0.329 e. The Morgan fingerprint density at radius 3 is 2.35 bits per heavy atom. The number of nitrogens with two attached hydrogens (primary N) is 1. The summed E-state index contributed by atoms with van der Waals surface area (Å²) in [5, 5.41) is 3.75. The summed E-state index contributed by atoms with van der Waals surface area (Å²) in [6, 6.07) is 7.11. The van der Waals surface area contributed by atoms with E-state index in [0.717, 1.165) is 11.3 Å². The molecule has 0 aliphatic heterocycles. The number of carbonyl (C=O) groups is 2. The van der Waals surface area contributed by atoms with Gasteiger partial charge in [0.2, 0.25) is 0 Å². The molecule has 0 aliphatic rings. The van der Waals surface area contributed by atoms with E-state index in [-0.39, 0.29) is 0 Å². The Labute approximate surface area is 98.4 Å². The molecular formula is C11H13N3O3. The molecule has 0 saturated carbocycles. The summed E-state index contributed by atoms with van der Waals surface area (Å²) in [6.45, 7) is 1.70. The number of primary amides is 1. The summed E-state index contributed by atoms with van der Waals surface area (Å²) < 4.78 is 5.01. The van der Waals surface area contributed by atoms with Gasteiger partial charge in [0.05, 0.1) is 12.8 Å². The second-order valence-electron chi connectivity index (χ2n) is 3.23. The molecule has 0 unspecified atom stereocenters. The molecule has 0 spiro atoms. The first kappa shape index (κ1) is 12.7. The highest BCUT2D eigenvalue weighted by Crippen LogP contribution is 2.11. The molecule has 0 bridgehead atoms. The van der Waals surface area contributed by atoms with Gasteiger partial charge in [0.1, 0.15) is 5.75 Å². The third kappa shape index (κ3) is 3.60. The van der Waals surface area contributed by atoms with Crippen molar-refractivity contribution in [2.75, 3.05) is 7.11 Å². The van der Waals surface area contributed by atoms with Crippen LogP contribution in [-0.4, -0.2) is 24.6 Å². The average molecular weight is 235 g/mol. The number of hydrogen-bond acceptors (Lipinski definition) is 4. The standard InChI is InChI=1S/C11H13N3O3/c1-7(13-14-11(16)10(12)15)8-3-5-9(17-2)6-4-8/h3-6H,1-2H3,(H2,12,15)(H,14,16)/b13-7-. The second-order valence-corrected chi connectivity index (χ2v) is 3.23. The highest BCUT2D eigenvalue weighted by Gasteiger charge is 2.06. The molecule has 17 heavy (non-hydrogen) atoms. The van der Waals surface area contributed by atoms with Crippen molar-refractivity contribution in [1.29, 1.82) is 0 Å². The van der Waals surface area contributed by atoms with Crippen LogP contribution in [0.4, 0.5) is 0 Å². The summed E-state index contributed by atoms with van der Waals surface area (Å²) in [5.74, 6) is -1.29. The van der Waals surface area contributed by atoms with Crippen LogP contribution in [0, 0.1) is 0 Å². The van der Waals surface area contributed by atoms with Gasteiger partial charge in [0.15, 0.2) is 0 Å². The van der Waals surface area contributed by atoms with Crippen LogP contribution in [0.5, 0.6) is 5.75 Å². The quantitative estimate of drug-likeness (QED) is 0.439. The first-order valence-corrected chi connectivity index (χ1v) is 4.83. The van der Waals surface area contributed by atoms with E-state index < -0.39 is 11.8 Å². The molecule has 1 aromatic carbocycles. The molecule has 0 radical (unpaired) electrons. The van der Waals surface area contributed by atoms with Crippen molar-refractivity contribution in [3.8, 4) is 5.75 Å². The maximum absolute atomic E-state index is 10.9. The summed E-state index contributed by atoms with van der Waals surface area (Å²) in [5.41, 5.74) is 8.17. The zero-order valence-corrected chi connectivity index (χ0v) is 9.56. The highest BCUT2D eigenvalue weighted by molar-refractivity contribution is 6.34. The van der Waals surface area contributed by atoms with Crippen LogP contribution in [0.15, 0.2) is 29.4 Å². The van der Waals surface area contributed by atoms with Crippen molar-refractivity contribution in [2.24, 2.45) is 10.8 Å². The Balaban J connectivity index is 2.74. The topological polar surface area (TPSA) is 93.8 Å². The lowest BCUT2D eigenvalue weighted by atomic mass is 10.1. The fourth-order valence-electron chi connectivity index (χ4n) is 1.09. The van der Waals surface area contributed by atoms with E-state index in [1.165, 1.54) is 0 Å². The summed E-state index contributed by atoms with van der Waals surface area (Å²) in [4.78, 5) is 21.3. The van der Waals surface area contributed by atoms with Gasteiger partial charge in [-0.1, -0.05) is 0 Å². The zero-order valence-electron chi connectivity index (χ0n) is 9.56. The Hall–Kier alpha value is -2.37. The molecule has 1 rings (SSSR count). The van der Waals surface area contributed by atoms with E-state index in [9.17, 15) is 9.59 Å². The molecule has 0 fully saturated rings. The average Bonchev–Trinajstić information content (AvgIpc) is 2.35. The van der Waals surface area contributed by atoms with Crippen LogP contribution in [0.3, 0.4) is 0 Å². The molecule has 90 valence electrons. The third-order valence-corrected chi connectivity index (χ3v) is 2.06. The van der Waals surface area contributed by atoms with E-state index >= 15 is 0 Å². The lowest BCUT2D eigenvalue weighted by Crippen LogP contribution is -2.33. The minimum atomic E-state index is -1.07. The normalized spacial score (nSPS) is 10.8. The maximum Gasteiger partial charge on any atom is 0.329 e. The number of nitrogens with zero attached hydrogens (tertiary/aromatic N) is 1. The Bertz CT molecular complexity index is 452. The van der Waals surface area contributed by atoms with Crippen molar-refractivity contribution < 1.29 is 14.3 Å². The number of methoxy groups -OCH3 is 1. The summed E-state index contributed by atoms with van der Waals surface area (Å²) >= 11 is 0. The Kier molecular flexibility index (Phi) is 4.21. The van der Waals surface area contributed by atoms with Gasteiger partial charge in [-0.15, -0.1) is 0 Å². The lowest BCUT2D eigenvalue weighted by molar-refractivity contribution is -0.137. The molecule has 0 aliphatic carbocycles. The van der Waals surface area contributed by atoms with Crippen molar-refractivity contribution in [1.82, 2.24) is 5.43 Å². The predicted molar refractivity (Wildman–Crippen MR) is 62.5 cm³/mol. The van der Waals surface area contributed by atoms with Crippen molar-refractivity contribution in [2.45, 2.75) is 6.92 Å². The molecule has 0 atom stereocenters. The van der Waals surface area contributed by atoms with Gasteiger partial charge in [0, 0.05) is 0 Å². The van der Waals surface area contributed by atoms with Crippen LogP contribution in [-0.2, 0) is 9.59 Å². The number of nitrogens with one attached hydrogen (secondary N) is 1. The number of hydrazone groups is 1. The molecule has 0 aromatic heterocycles. The van der Waals surface area contributed by atoms with Gasteiger partial charge < -0.3 is 10.5 Å². The molecule has 0 saturated heterocycles. The van der Waals surface area contributed by atoms with Crippen LogP contribution >= 0.6 is 0 Å². The fraction of sp³-hybridized carbons (Fsp3) is 0.182. The van der Waals surface area contributed by atoms with Crippen LogP contribution < -0.4 is 15.9 Å². The first-order valence-electron chi connectivity index (χ1n) is 4.83. The molecular weight excluding hydrogens is 222 g/mol. The number of benzene rings is 1.